The fourth-order valence-electron chi connectivity index (χ4n) is 2.72. The number of hydrogen-bond acceptors (Lipinski definition) is 3. The van der Waals surface area contributed by atoms with Gasteiger partial charge in [0.25, 0.3) is 0 Å². The first-order valence-corrected chi connectivity index (χ1v) is 7.07. The smallest absolute Gasteiger partial charge is 0.0846 e. The van der Waals surface area contributed by atoms with Crippen LogP contribution in [0.15, 0.2) is 30.3 Å². The van der Waals surface area contributed by atoms with E-state index in [2.05, 4.69) is 23.1 Å². The summed E-state index contributed by atoms with van der Waals surface area (Å²) in [5.74, 6) is 0. The van der Waals surface area contributed by atoms with E-state index in [1.807, 2.05) is 25.1 Å². The van der Waals surface area contributed by atoms with E-state index in [0.29, 0.717) is 0 Å². The normalized spacial score (nSPS) is 18.9. The number of rotatable bonds is 5. The average molecular weight is 258 g/mol. The summed E-state index contributed by atoms with van der Waals surface area (Å²) < 4.78 is 5.39. The summed E-state index contributed by atoms with van der Waals surface area (Å²) in [7, 11) is 0. The predicted octanol–water partition coefficient (Wildman–Crippen LogP) is 2.58. The highest BCUT2D eigenvalue weighted by Gasteiger charge is 2.36. The van der Waals surface area contributed by atoms with Crippen LogP contribution in [-0.4, -0.2) is 37.7 Å². The molecule has 0 bridgehead atoms. The lowest BCUT2D eigenvalue weighted by molar-refractivity contribution is 0.0961. The van der Waals surface area contributed by atoms with E-state index in [0.717, 1.165) is 45.7 Å². The van der Waals surface area contributed by atoms with Gasteiger partial charge in [-0.25, -0.2) is 0 Å². The van der Waals surface area contributed by atoms with Crippen molar-refractivity contribution < 1.29 is 4.74 Å². The zero-order chi connectivity index (χ0) is 13.6. The van der Waals surface area contributed by atoms with Crippen LogP contribution in [0.4, 0.5) is 0 Å². The summed E-state index contributed by atoms with van der Waals surface area (Å²) in [5.41, 5.74) is 0.880. The molecule has 1 aromatic carbocycles. The molecule has 3 nitrogen and oxygen atoms in total. The molecule has 0 spiro atoms. The van der Waals surface area contributed by atoms with Crippen molar-refractivity contribution >= 4 is 0 Å². The van der Waals surface area contributed by atoms with Gasteiger partial charge in [-0.05, 0) is 25.3 Å². The van der Waals surface area contributed by atoms with Crippen LogP contribution in [-0.2, 0) is 10.2 Å². The quantitative estimate of drug-likeness (QED) is 0.762. The Morgan fingerprint density at radius 1 is 1.26 bits per heavy atom. The van der Waals surface area contributed by atoms with Crippen molar-refractivity contribution in [1.82, 2.24) is 4.90 Å². The number of benzene rings is 1. The lowest BCUT2D eigenvalue weighted by Crippen LogP contribution is -2.43. The number of ether oxygens (including phenoxy) is 1. The molecule has 19 heavy (non-hydrogen) atoms. The van der Waals surface area contributed by atoms with Gasteiger partial charge in [0.2, 0.25) is 0 Å². The van der Waals surface area contributed by atoms with Crippen LogP contribution >= 0.6 is 0 Å². The van der Waals surface area contributed by atoms with Gasteiger partial charge in [0.15, 0.2) is 0 Å². The maximum Gasteiger partial charge on any atom is 0.0846 e. The predicted molar refractivity (Wildman–Crippen MR) is 75.9 cm³/mol. The minimum Gasteiger partial charge on any atom is -0.380 e. The second kappa shape index (κ2) is 6.70. The third kappa shape index (κ3) is 3.34. The topological polar surface area (TPSA) is 36.3 Å². The summed E-state index contributed by atoms with van der Waals surface area (Å²) in [6.45, 7) is 6.53. The van der Waals surface area contributed by atoms with Crippen molar-refractivity contribution in [3.05, 3.63) is 35.9 Å². The molecule has 1 heterocycles. The number of hydrogen-bond donors (Lipinski definition) is 0. The Labute approximate surface area is 115 Å². The Balaban J connectivity index is 1.95. The van der Waals surface area contributed by atoms with Gasteiger partial charge in [0.05, 0.1) is 18.1 Å². The van der Waals surface area contributed by atoms with Gasteiger partial charge >= 0.3 is 0 Å². The van der Waals surface area contributed by atoms with Crippen LogP contribution in [0, 0.1) is 11.3 Å². The minimum atomic E-state index is -0.288. The molecular weight excluding hydrogens is 236 g/mol. The van der Waals surface area contributed by atoms with E-state index in [9.17, 15) is 5.26 Å². The second-order valence-corrected chi connectivity index (χ2v) is 5.10. The van der Waals surface area contributed by atoms with Gasteiger partial charge in [-0.1, -0.05) is 30.3 Å². The molecular formula is C16H22N2O. The van der Waals surface area contributed by atoms with Gasteiger partial charge in [0, 0.05) is 26.2 Å². The molecule has 1 aliphatic rings. The first kappa shape index (κ1) is 14.0. The molecule has 0 radical (unpaired) electrons. The van der Waals surface area contributed by atoms with E-state index < -0.39 is 0 Å². The van der Waals surface area contributed by atoms with Gasteiger partial charge < -0.3 is 9.64 Å². The van der Waals surface area contributed by atoms with E-state index in [4.69, 9.17) is 4.74 Å². The van der Waals surface area contributed by atoms with Crippen molar-refractivity contribution in [3.8, 4) is 6.07 Å². The summed E-state index contributed by atoms with van der Waals surface area (Å²) in [5, 5.41) is 9.60. The Morgan fingerprint density at radius 3 is 2.53 bits per heavy atom. The Bertz CT molecular complexity index is 416. The average Bonchev–Trinajstić information content (AvgIpc) is 2.49. The van der Waals surface area contributed by atoms with Crippen molar-refractivity contribution in [1.29, 1.82) is 5.26 Å². The van der Waals surface area contributed by atoms with Crippen molar-refractivity contribution in [2.24, 2.45) is 0 Å². The molecule has 3 heteroatoms. The van der Waals surface area contributed by atoms with E-state index in [1.165, 1.54) is 5.56 Å². The number of piperidine rings is 1. The molecule has 0 aromatic heterocycles. The Morgan fingerprint density at radius 2 is 1.95 bits per heavy atom. The van der Waals surface area contributed by atoms with E-state index >= 15 is 0 Å². The maximum atomic E-state index is 9.60. The van der Waals surface area contributed by atoms with Gasteiger partial charge in [-0.3, -0.25) is 0 Å². The second-order valence-electron chi connectivity index (χ2n) is 5.10. The highest BCUT2D eigenvalue weighted by atomic mass is 16.5. The summed E-state index contributed by atoms with van der Waals surface area (Å²) in [4.78, 5) is 2.40. The minimum absolute atomic E-state index is 0.288. The zero-order valence-electron chi connectivity index (χ0n) is 11.6. The fourth-order valence-corrected chi connectivity index (χ4v) is 2.72. The van der Waals surface area contributed by atoms with Crippen LogP contribution in [0.3, 0.4) is 0 Å². The first-order valence-electron chi connectivity index (χ1n) is 7.07. The SMILES string of the molecule is CCOCCN1CCC(C#N)(c2ccccc2)CC1. The lowest BCUT2D eigenvalue weighted by Gasteiger charge is -2.37. The third-order valence-electron chi connectivity index (χ3n) is 4.01. The van der Waals surface area contributed by atoms with Crippen LogP contribution < -0.4 is 0 Å². The fraction of sp³-hybridized carbons (Fsp3) is 0.562. The molecule has 1 saturated heterocycles. The molecule has 0 unspecified atom stereocenters. The zero-order valence-corrected chi connectivity index (χ0v) is 11.6. The van der Waals surface area contributed by atoms with Crippen molar-refractivity contribution in [3.63, 3.8) is 0 Å². The molecule has 1 aromatic rings. The summed E-state index contributed by atoms with van der Waals surface area (Å²) in [6, 6.07) is 12.8. The number of nitriles is 1. The maximum absolute atomic E-state index is 9.60. The van der Waals surface area contributed by atoms with Crippen molar-refractivity contribution in [2.75, 3.05) is 32.8 Å². The summed E-state index contributed by atoms with van der Waals surface area (Å²) in [6.07, 6.45) is 1.83. The highest BCUT2D eigenvalue weighted by Crippen LogP contribution is 2.34. The van der Waals surface area contributed by atoms with Gasteiger partial charge in [0.1, 0.15) is 0 Å². The molecule has 0 N–H and O–H groups in total. The van der Waals surface area contributed by atoms with Crippen LogP contribution in [0.5, 0.6) is 0 Å². The number of likely N-dealkylation sites (tertiary alicyclic amines) is 1. The lowest BCUT2D eigenvalue weighted by atomic mass is 9.74. The van der Waals surface area contributed by atoms with Crippen LogP contribution in [0.25, 0.3) is 0 Å². The number of nitrogens with zero attached hydrogens (tertiary/aromatic N) is 2. The molecule has 0 atom stereocenters. The van der Waals surface area contributed by atoms with Crippen LogP contribution in [0.2, 0.25) is 0 Å². The van der Waals surface area contributed by atoms with Crippen molar-refractivity contribution in [2.45, 2.75) is 25.2 Å². The van der Waals surface area contributed by atoms with E-state index in [1.54, 1.807) is 0 Å². The highest BCUT2D eigenvalue weighted by molar-refractivity contribution is 5.33. The Hall–Kier alpha value is -1.37. The van der Waals surface area contributed by atoms with Crippen LogP contribution in [0.1, 0.15) is 25.3 Å². The standard InChI is InChI=1S/C16H22N2O/c1-2-19-13-12-18-10-8-16(14-17,9-11-18)15-6-4-3-5-7-15/h3-7H,2,8-13H2,1H3. The van der Waals surface area contributed by atoms with E-state index in [-0.39, 0.29) is 5.41 Å². The van der Waals surface area contributed by atoms with Gasteiger partial charge in [-0.15, -0.1) is 0 Å². The Kier molecular flexibility index (Phi) is 4.95. The van der Waals surface area contributed by atoms with Gasteiger partial charge in [-0.2, -0.15) is 5.26 Å². The molecule has 1 aliphatic heterocycles. The molecule has 0 aliphatic carbocycles. The largest absolute Gasteiger partial charge is 0.380 e. The molecule has 2 rings (SSSR count). The third-order valence-corrected chi connectivity index (χ3v) is 4.01. The first-order chi connectivity index (χ1) is 9.30. The molecule has 0 saturated carbocycles. The molecule has 1 fully saturated rings. The monoisotopic (exact) mass is 258 g/mol. The molecule has 102 valence electrons. The summed E-state index contributed by atoms with van der Waals surface area (Å²) >= 11 is 0. The molecule has 0 amide bonds.